The van der Waals surface area contributed by atoms with Crippen molar-refractivity contribution in [1.29, 1.82) is 0 Å². The number of hydrogen-bond donors (Lipinski definition) is 1. The van der Waals surface area contributed by atoms with Gasteiger partial charge in [0.1, 0.15) is 5.75 Å². The molecule has 3 aromatic rings. The molecular formula is C17H18N6O5. The van der Waals surface area contributed by atoms with Crippen LogP contribution < -0.4 is 10.5 Å². The Bertz CT molecular complexity index is 994. The zero-order chi connectivity index (χ0) is 20.3. The molecule has 11 nitrogen and oxygen atoms in total. The molecule has 0 bridgehead atoms. The van der Waals surface area contributed by atoms with E-state index in [0.29, 0.717) is 35.1 Å². The molecule has 146 valence electrons. The Morgan fingerprint density at radius 2 is 2.11 bits per heavy atom. The molecule has 0 radical (unpaired) electrons. The first-order chi connectivity index (χ1) is 13.4. The Labute approximate surface area is 159 Å². The van der Waals surface area contributed by atoms with Crippen LogP contribution in [0.5, 0.6) is 5.75 Å². The maximum absolute atomic E-state index is 11.0. The lowest BCUT2D eigenvalue weighted by Gasteiger charge is -2.08. The summed E-state index contributed by atoms with van der Waals surface area (Å²) in [5.74, 6) is 0.341. The highest BCUT2D eigenvalue weighted by atomic mass is 16.6. The molecule has 28 heavy (non-hydrogen) atoms. The molecule has 0 aliphatic heterocycles. The highest BCUT2D eigenvalue weighted by molar-refractivity contribution is 5.75. The fourth-order valence-corrected chi connectivity index (χ4v) is 2.67. The smallest absolute Gasteiger partial charge is 0.390 e. The van der Waals surface area contributed by atoms with Crippen molar-refractivity contribution in [2.75, 3.05) is 6.61 Å². The van der Waals surface area contributed by atoms with Crippen molar-refractivity contribution in [1.82, 2.24) is 19.9 Å². The molecule has 2 heterocycles. The molecule has 0 saturated heterocycles. The first-order valence-corrected chi connectivity index (χ1v) is 8.44. The molecule has 1 unspecified atom stereocenters. The Balaban J connectivity index is 1.82. The lowest BCUT2D eigenvalue weighted by molar-refractivity contribution is -0.389. The molecule has 1 amide bonds. The van der Waals surface area contributed by atoms with Crippen LogP contribution >= 0.6 is 0 Å². The summed E-state index contributed by atoms with van der Waals surface area (Å²) in [6.07, 6.45) is 0.557. The van der Waals surface area contributed by atoms with Crippen molar-refractivity contribution < 1.29 is 19.0 Å². The molecule has 2 aromatic heterocycles. The van der Waals surface area contributed by atoms with E-state index < -0.39 is 16.9 Å². The van der Waals surface area contributed by atoms with Crippen LogP contribution in [0.15, 0.2) is 34.9 Å². The zero-order valence-corrected chi connectivity index (χ0v) is 15.2. The summed E-state index contributed by atoms with van der Waals surface area (Å²) in [6.45, 7) is 3.41. The van der Waals surface area contributed by atoms with Crippen molar-refractivity contribution >= 4 is 11.7 Å². The Morgan fingerprint density at radius 1 is 1.39 bits per heavy atom. The van der Waals surface area contributed by atoms with Gasteiger partial charge >= 0.3 is 5.82 Å². The summed E-state index contributed by atoms with van der Waals surface area (Å²) in [5, 5.41) is 19.0. The normalized spacial score (nSPS) is 11.9. The Kier molecular flexibility index (Phi) is 5.34. The molecule has 0 saturated carbocycles. The summed E-state index contributed by atoms with van der Waals surface area (Å²) in [7, 11) is 0. The van der Waals surface area contributed by atoms with Gasteiger partial charge in [-0.2, -0.15) is 9.67 Å². The molecule has 0 aliphatic rings. The van der Waals surface area contributed by atoms with Crippen LogP contribution in [0.2, 0.25) is 0 Å². The number of benzene rings is 1. The SMILES string of the molecule is CCC(c1nc(-c2ccc(OCC(N)=O)cc2)no1)n1nc([N+](=O)[O-])cc1C. The fraction of sp³-hybridized carbons (Fsp3) is 0.294. The van der Waals surface area contributed by atoms with E-state index in [9.17, 15) is 14.9 Å². The number of rotatable bonds is 8. The monoisotopic (exact) mass is 386 g/mol. The van der Waals surface area contributed by atoms with Gasteiger partial charge in [-0.3, -0.25) is 4.79 Å². The van der Waals surface area contributed by atoms with Crippen LogP contribution in [-0.4, -0.2) is 37.4 Å². The molecule has 0 fully saturated rings. The van der Waals surface area contributed by atoms with Crippen LogP contribution in [-0.2, 0) is 4.79 Å². The minimum Gasteiger partial charge on any atom is -0.484 e. The average Bonchev–Trinajstić information content (AvgIpc) is 3.29. The van der Waals surface area contributed by atoms with Crippen LogP contribution in [0.1, 0.15) is 31.0 Å². The molecular weight excluding hydrogens is 368 g/mol. The van der Waals surface area contributed by atoms with E-state index >= 15 is 0 Å². The maximum Gasteiger partial charge on any atom is 0.390 e. The van der Waals surface area contributed by atoms with E-state index in [0.717, 1.165) is 0 Å². The molecule has 0 aliphatic carbocycles. The number of nitro groups is 1. The van der Waals surface area contributed by atoms with Gasteiger partial charge in [-0.25, -0.2) is 0 Å². The molecule has 3 rings (SSSR count). The lowest BCUT2D eigenvalue weighted by Crippen LogP contribution is -2.19. The zero-order valence-electron chi connectivity index (χ0n) is 15.2. The molecule has 1 aromatic carbocycles. The van der Waals surface area contributed by atoms with Gasteiger partial charge in [0.2, 0.25) is 5.82 Å². The minimum absolute atomic E-state index is 0.209. The number of nitrogens with two attached hydrogens (primary N) is 1. The number of carbonyl (C=O) groups excluding carboxylic acids is 1. The van der Waals surface area contributed by atoms with Crippen molar-refractivity contribution in [3.8, 4) is 17.1 Å². The fourth-order valence-electron chi connectivity index (χ4n) is 2.67. The first-order valence-electron chi connectivity index (χ1n) is 8.44. The third kappa shape index (κ3) is 3.98. The van der Waals surface area contributed by atoms with Crippen LogP contribution in [0.4, 0.5) is 5.82 Å². The van der Waals surface area contributed by atoms with E-state index in [1.165, 1.54) is 10.7 Å². The average molecular weight is 386 g/mol. The van der Waals surface area contributed by atoms with Crippen LogP contribution in [0.3, 0.4) is 0 Å². The molecule has 0 spiro atoms. The second kappa shape index (κ2) is 7.86. The number of nitrogens with zero attached hydrogens (tertiary/aromatic N) is 5. The van der Waals surface area contributed by atoms with Gasteiger partial charge in [0.15, 0.2) is 12.6 Å². The van der Waals surface area contributed by atoms with Crippen molar-refractivity contribution in [3.05, 3.63) is 52.0 Å². The van der Waals surface area contributed by atoms with E-state index in [2.05, 4.69) is 15.2 Å². The van der Waals surface area contributed by atoms with Crippen molar-refractivity contribution in [2.24, 2.45) is 5.73 Å². The Hall–Kier alpha value is -3.76. The van der Waals surface area contributed by atoms with Crippen molar-refractivity contribution in [3.63, 3.8) is 0 Å². The van der Waals surface area contributed by atoms with E-state index in [1.54, 1.807) is 31.2 Å². The Morgan fingerprint density at radius 3 is 2.68 bits per heavy atom. The number of carbonyl (C=O) groups is 1. The third-order valence-electron chi connectivity index (χ3n) is 4.00. The lowest BCUT2D eigenvalue weighted by atomic mass is 10.2. The standard InChI is InChI=1S/C17H18N6O5/c1-3-13(22-10(2)8-15(20-22)23(25)26)17-19-16(21-28-17)11-4-6-12(7-5-11)27-9-14(18)24/h4-8,13H,3,9H2,1-2H3,(H2,18,24). The quantitative estimate of drug-likeness (QED) is 0.456. The van der Waals surface area contributed by atoms with Gasteiger partial charge in [-0.1, -0.05) is 12.1 Å². The van der Waals surface area contributed by atoms with Gasteiger partial charge in [-0.15, -0.1) is 0 Å². The topological polar surface area (TPSA) is 152 Å². The highest BCUT2D eigenvalue weighted by Crippen LogP contribution is 2.27. The summed E-state index contributed by atoms with van der Waals surface area (Å²) >= 11 is 0. The summed E-state index contributed by atoms with van der Waals surface area (Å²) in [6, 6.07) is 7.73. The van der Waals surface area contributed by atoms with Crippen molar-refractivity contribution in [2.45, 2.75) is 26.3 Å². The number of aromatic nitrogens is 4. The number of aryl methyl sites for hydroxylation is 1. The number of hydrogen-bond acceptors (Lipinski definition) is 8. The number of primary amides is 1. The largest absolute Gasteiger partial charge is 0.484 e. The van der Waals surface area contributed by atoms with E-state index in [4.69, 9.17) is 15.0 Å². The van der Waals surface area contributed by atoms with E-state index in [1.807, 2.05) is 6.92 Å². The second-order valence-electron chi connectivity index (χ2n) is 6.01. The van der Waals surface area contributed by atoms with Gasteiger partial charge < -0.3 is 25.1 Å². The number of amides is 1. The molecule has 11 heteroatoms. The minimum atomic E-state index is -0.563. The number of ether oxygens (including phenoxy) is 1. The van der Waals surface area contributed by atoms with Crippen LogP contribution in [0, 0.1) is 17.0 Å². The van der Waals surface area contributed by atoms with Gasteiger partial charge in [0.25, 0.3) is 11.8 Å². The van der Waals surface area contributed by atoms with E-state index in [-0.39, 0.29) is 12.4 Å². The molecule has 2 N–H and O–H groups in total. The van der Waals surface area contributed by atoms with Gasteiger partial charge in [0.05, 0.1) is 16.9 Å². The van der Waals surface area contributed by atoms with Gasteiger partial charge in [-0.05, 0) is 42.5 Å². The predicted octanol–water partition coefficient (Wildman–Crippen LogP) is 2.01. The van der Waals surface area contributed by atoms with Crippen LogP contribution in [0.25, 0.3) is 11.4 Å². The third-order valence-corrected chi connectivity index (χ3v) is 4.00. The summed E-state index contributed by atoms with van der Waals surface area (Å²) < 4.78 is 12.1. The summed E-state index contributed by atoms with van der Waals surface area (Å²) in [5.41, 5.74) is 6.34. The predicted molar refractivity (Wildman–Crippen MR) is 96.5 cm³/mol. The summed E-state index contributed by atoms with van der Waals surface area (Å²) in [4.78, 5) is 25.6. The van der Waals surface area contributed by atoms with Gasteiger partial charge in [0, 0.05) is 5.56 Å². The highest BCUT2D eigenvalue weighted by Gasteiger charge is 2.27. The second-order valence-corrected chi connectivity index (χ2v) is 6.01. The molecule has 1 atom stereocenters. The first kappa shape index (κ1) is 19.0. The maximum atomic E-state index is 11.0.